The van der Waals surface area contributed by atoms with Gasteiger partial charge in [-0.1, -0.05) is 0 Å². The minimum Gasteiger partial charge on any atom is -0.335 e. The molecule has 2 rings (SSSR count). The van der Waals surface area contributed by atoms with Gasteiger partial charge in [-0.25, -0.2) is 0 Å². The molecule has 0 atom stereocenters. The SMILES string of the molecule is CCn1cnnc1Cn1cc(C)[nH]c1=S. The summed E-state index contributed by atoms with van der Waals surface area (Å²) in [5.74, 6) is 0.924. The number of imidazole rings is 1. The van der Waals surface area contributed by atoms with Crippen LogP contribution >= 0.6 is 12.2 Å². The highest BCUT2D eigenvalue weighted by molar-refractivity contribution is 7.71. The molecule has 2 aromatic rings. The Bertz CT molecular complexity index is 507. The number of hydrogen-bond acceptors (Lipinski definition) is 3. The first-order valence-electron chi connectivity index (χ1n) is 4.83. The Balaban J connectivity index is 2.29. The van der Waals surface area contributed by atoms with Crippen LogP contribution in [-0.4, -0.2) is 24.3 Å². The van der Waals surface area contributed by atoms with Crippen molar-refractivity contribution in [1.29, 1.82) is 0 Å². The van der Waals surface area contributed by atoms with E-state index in [9.17, 15) is 0 Å². The van der Waals surface area contributed by atoms with Crippen LogP contribution < -0.4 is 0 Å². The first-order chi connectivity index (χ1) is 7.20. The highest BCUT2D eigenvalue weighted by Crippen LogP contribution is 2.02. The molecule has 6 heteroatoms. The Labute approximate surface area is 92.8 Å². The zero-order chi connectivity index (χ0) is 10.8. The smallest absolute Gasteiger partial charge is 0.177 e. The number of nitrogens with one attached hydrogen (secondary N) is 1. The molecule has 0 radical (unpaired) electrons. The summed E-state index contributed by atoms with van der Waals surface area (Å²) < 4.78 is 4.68. The molecular formula is C9H13N5S. The number of rotatable bonds is 3. The third-order valence-corrected chi connectivity index (χ3v) is 2.60. The quantitative estimate of drug-likeness (QED) is 0.802. The maximum atomic E-state index is 5.18. The van der Waals surface area contributed by atoms with Crippen LogP contribution in [0.4, 0.5) is 0 Å². The van der Waals surface area contributed by atoms with E-state index in [1.807, 2.05) is 22.3 Å². The number of H-pyrrole nitrogens is 1. The highest BCUT2D eigenvalue weighted by Gasteiger charge is 2.04. The van der Waals surface area contributed by atoms with Gasteiger partial charge in [-0.15, -0.1) is 10.2 Å². The third-order valence-electron chi connectivity index (χ3n) is 2.26. The molecule has 0 fully saturated rings. The van der Waals surface area contributed by atoms with E-state index in [1.165, 1.54) is 0 Å². The molecule has 0 aromatic carbocycles. The van der Waals surface area contributed by atoms with Gasteiger partial charge in [-0.05, 0) is 26.1 Å². The fourth-order valence-electron chi connectivity index (χ4n) is 1.50. The summed E-state index contributed by atoms with van der Waals surface area (Å²) in [4.78, 5) is 3.08. The van der Waals surface area contributed by atoms with Crippen molar-refractivity contribution in [2.45, 2.75) is 26.9 Å². The van der Waals surface area contributed by atoms with Gasteiger partial charge in [0.25, 0.3) is 0 Å². The fourth-order valence-corrected chi connectivity index (χ4v) is 1.78. The second-order valence-electron chi connectivity index (χ2n) is 3.40. The summed E-state index contributed by atoms with van der Waals surface area (Å²) >= 11 is 5.18. The zero-order valence-corrected chi connectivity index (χ0v) is 9.58. The van der Waals surface area contributed by atoms with Crippen molar-refractivity contribution in [3.8, 4) is 0 Å². The molecule has 0 spiro atoms. The number of hydrogen-bond donors (Lipinski definition) is 1. The van der Waals surface area contributed by atoms with Crippen LogP contribution in [0.3, 0.4) is 0 Å². The molecule has 0 aliphatic heterocycles. The molecule has 5 nitrogen and oxygen atoms in total. The summed E-state index contributed by atoms with van der Waals surface area (Å²) in [7, 11) is 0. The van der Waals surface area contributed by atoms with Crippen LogP contribution in [0.1, 0.15) is 18.4 Å². The lowest BCUT2D eigenvalue weighted by Gasteiger charge is -2.03. The number of nitrogens with zero attached hydrogens (tertiary/aromatic N) is 4. The van der Waals surface area contributed by atoms with E-state index in [0.29, 0.717) is 6.54 Å². The fraction of sp³-hybridized carbons (Fsp3) is 0.444. The Morgan fingerprint density at radius 3 is 2.87 bits per heavy atom. The van der Waals surface area contributed by atoms with Crippen molar-refractivity contribution < 1.29 is 0 Å². The summed E-state index contributed by atoms with van der Waals surface area (Å²) in [5, 5.41) is 7.95. The van der Waals surface area contributed by atoms with E-state index in [4.69, 9.17) is 12.2 Å². The third kappa shape index (κ3) is 1.99. The molecule has 0 aliphatic rings. The van der Waals surface area contributed by atoms with Crippen molar-refractivity contribution in [2.75, 3.05) is 0 Å². The molecule has 0 saturated heterocycles. The van der Waals surface area contributed by atoms with Gasteiger partial charge in [0, 0.05) is 18.4 Å². The molecule has 1 N–H and O–H groups in total. The summed E-state index contributed by atoms with van der Waals surface area (Å²) in [6.07, 6.45) is 3.72. The van der Waals surface area contributed by atoms with Crippen LogP contribution in [0.25, 0.3) is 0 Å². The highest BCUT2D eigenvalue weighted by atomic mass is 32.1. The van der Waals surface area contributed by atoms with Gasteiger partial charge in [0.15, 0.2) is 10.6 Å². The molecule has 2 heterocycles. The Kier molecular flexibility index (Phi) is 2.68. The molecule has 0 amide bonds. The summed E-state index contributed by atoms with van der Waals surface area (Å²) in [5.41, 5.74) is 1.06. The average molecular weight is 223 g/mol. The van der Waals surface area contributed by atoms with Crippen LogP contribution in [0.5, 0.6) is 0 Å². The van der Waals surface area contributed by atoms with E-state index in [0.717, 1.165) is 22.8 Å². The first kappa shape index (κ1) is 10.1. The normalized spacial score (nSPS) is 10.8. The van der Waals surface area contributed by atoms with Gasteiger partial charge in [0.05, 0.1) is 6.54 Å². The maximum absolute atomic E-state index is 5.18. The Morgan fingerprint density at radius 1 is 1.47 bits per heavy atom. The zero-order valence-electron chi connectivity index (χ0n) is 8.77. The van der Waals surface area contributed by atoms with E-state index in [1.54, 1.807) is 6.33 Å². The van der Waals surface area contributed by atoms with Crippen molar-refractivity contribution in [1.82, 2.24) is 24.3 Å². The topological polar surface area (TPSA) is 51.4 Å². The van der Waals surface area contributed by atoms with Crippen LogP contribution in [0.2, 0.25) is 0 Å². The van der Waals surface area contributed by atoms with Gasteiger partial charge < -0.3 is 14.1 Å². The molecule has 15 heavy (non-hydrogen) atoms. The lowest BCUT2D eigenvalue weighted by molar-refractivity contribution is 0.646. The molecule has 2 aromatic heterocycles. The first-order valence-corrected chi connectivity index (χ1v) is 5.24. The second-order valence-corrected chi connectivity index (χ2v) is 3.79. The predicted octanol–water partition coefficient (Wildman–Crippen LogP) is 1.51. The lowest BCUT2D eigenvalue weighted by Crippen LogP contribution is -2.06. The minimum absolute atomic E-state index is 0.664. The average Bonchev–Trinajstić information content (AvgIpc) is 2.74. The van der Waals surface area contributed by atoms with Crippen molar-refractivity contribution in [3.05, 3.63) is 28.8 Å². The molecule has 80 valence electrons. The Hall–Kier alpha value is -1.43. The lowest BCUT2D eigenvalue weighted by atomic mass is 10.5. The minimum atomic E-state index is 0.664. The molecule has 0 unspecified atom stereocenters. The van der Waals surface area contributed by atoms with E-state index >= 15 is 0 Å². The standard InChI is InChI=1S/C9H13N5S/c1-3-13-6-10-12-8(13)5-14-4-7(2)11-9(14)15/h4,6H,3,5H2,1-2H3,(H,11,15). The number of aromatic amines is 1. The predicted molar refractivity (Wildman–Crippen MR) is 59.2 cm³/mol. The molecule has 0 saturated carbocycles. The Morgan fingerprint density at radius 2 is 2.27 bits per heavy atom. The van der Waals surface area contributed by atoms with Crippen LogP contribution in [0, 0.1) is 11.7 Å². The maximum Gasteiger partial charge on any atom is 0.177 e. The summed E-state index contributed by atoms with van der Waals surface area (Å²) in [6.45, 7) is 5.58. The van der Waals surface area contributed by atoms with Crippen LogP contribution in [0.15, 0.2) is 12.5 Å². The molecule has 0 aliphatic carbocycles. The van der Waals surface area contributed by atoms with Crippen molar-refractivity contribution in [3.63, 3.8) is 0 Å². The van der Waals surface area contributed by atoms with Gasteiger partial charge in [-0.2, -0.15) is 0 Å². The number of aromatic nitrogens is 5. The van der Waals surface area contributed by atoms with E-state index in [-0.39, 0.29) is 0 Å². The number of aryl methyl sites for hydroxylation is 2. The monoisotopic (exact) mass is 223 g/mol. The molecule has 0 bridgehead atoms. The second kappa shape index (κ2) is 3.98. The van der Waals surface area contributed by atoms with E-state index < -0.39 is 0 Å². The van der Waals surface area contributed by atoms with Crippen molar-refractivity contribution >= 4 is 12.2 Å². The largest absolute Gasteiger partial charge is 0.335 e. The van der Waals surface area contributed by atoms with Gasteiger partial charge >= 0.3 is 0 Å². The van der Waals surface area contributed by atoms with Crippen molar-refractivity contribution in [2.24, 2.45) is 0 Å². The van der Waals surface area contributed by atoms with E-state index in [2.05, 4.69) is 22.1 Å². The van der Waals surface area contributed by atoms with Gasteiger partial charge in [-0.3, -0.25) is 0 Å². The summed E-state index contributed by atoms with van der Waals surface area (Å²) in [6, 6.07) is 0. The van der Waals surface area contributed by atoms with Gasteiger partial charge in [0.2, 0.25) is 0 Å². The molecular weight excluding hydrogens is 210 g/mol. The van der Waals surface area contributed by atoms with Gasteiger partial charge in [0.1, 0.15) is 6.33 Å². The van der Waals surface area contributed by atoms with Crippen LogP contribution in [-0.2, 0) is 13.1 Å².